The van der Waals surface area contributed by atoms with Crippen LogP contribution in [-0.4, -0.2) is 54.5 Å². The lowest BCUT2D eigenvalue weighted by Crippen LogP contribution is -2.48. The second-order valence-electron chi connectivity index (χ2n) is 6.82. The third-order valence-corrected chi connectivity index (χ3v) is 4.72. The molecule has 0 saturated carbocycles. The standard InChI is InChI=1S/C19H26N2O2/c1-20(2)12-6-9-19(22)21-15-10-11-16(21)14-18(13-15)23-17-7-4-3-5-8-17/h3-9,15-16,18H,10-14H2,1-2H3/b9-6+. The number of ether oxygens (including phenoxy) is 1. The van der Waals surface area contributed by atoms with Crippen LogP contribution in [0, 0.1) is 0 Å². The first-order valence-corrected chi connectivity index (χ1v) is 8.49. The molecule has 3 rings (SSSR count). The highest BCUT2D eigenvalue weighted by Crippen LogP contribution is 2.37. The van der Waals surface area contributed by atoms with Crippen LogP contribution in [0.3, 0.4) is 0 Å². The van der Waals surface area contributed by atoms with Crippen LogP contribution in [0.2, 0.25) is 0 Å². The van der Waals surface area contributed by atoms with E-state index in [0.29, 0.717) is 12.1 Å². The lowest BCUT2D eigenvalue weighted by molar-refractivity contribution is -0.131. The van der Waals surface area contributed by atoms with Gasteiger partial charge in [-0.2, -0.15) is 0 Å². The monoisotopic (exact) mass is 314 g/mol. The molecule has 2 unspecified atom stereocenters. The van der Waals surface area contributed by atoms with E-state index < -0.39 is 0 Å². The molecule has 2 atom stereocenters. The zero-order valence-corrected chi connectivity index (χ0v) is 14.0. The van der Waals surface area contributed by atoms with E-state index in [1.807, 2.05) is 50.5 Å². The lowest BCUT2D eigenvalue weighted by Gasteiger charge is -2.38. The second-order valence-corrected chi connectivity index (χ2v) is 6.82. The van der Waals surface area contributed by atoms with Crippen LogP contribution in [-0.2, 0) is 4.79 Å². The first kappa shape index (κ1) is 16.1. The maximum absolute atomic E-state index is 12.5. The molecule has 4 nitrogen and oxygen atoms in total. The second kappa shape index (κ2) is 7.18. The normalized spacial score (nSPS) is 26.9. The summed E-state index contributed by atoms with van der Waals surface area (Å²) in [6, 6.07) is 10.7. The molecular weight excluding hydrogens is 288 g/mol. The van der Waals surface area contributed by atoms with Crippen molar-refractivity contribution in [3.63, 3.8) is 0 Å². The van der Waals surface area contributed by atoms with Crippen molar-refractivity contribution in [1.29, 1.82) is 0 Å². The van der Waals surface area contributed by atoms with Gasteiger partial charge in [-0.1, -0.05) is 24.3 Å². The number of amides is 1. The molecule has 124 valence electrons. The largest absolute Gasteiger partial charge is 0.490 e. The summed E-state index contributed by atoms with van der Waals surface area (Å²) in [6.45, 7) is 0.800. The maximum Gasteiger partial charge on any atom is 0.246 e. The van der Waals surface area contributed by atoms with Gasteiger partial charge in [-0.05, 0) is 39.1 Å². The predicted molar refractivity (Wildman–Crippen MR) is 91.4 cm³/mol. The average Bonchev–Trinajstić information content (AvgIpc) is 2.79. The minimum Gasteiger partial charge on any atom is -0.490 e. The number of hydrogen-bond donors (Lipinski definition) is 0. The van der Waals surface area contributed by atoms with E-state index in [1.165, 1.54) is 0 Å². The van der Waals surface area contributed by atoms with Crippen molar-refractivity contribution in [3.05, 3.63) is 42.5 Å². The zero-order chi connectivity index (χ0) is 16.2. The molecule has 2 aliphatic heterocycles. The summed E-state index contributed by atoms with van der Waals surface area (Å²) in [4.78, 5) is 16.6. The molecule has 2 aliphatic rings. The number of likely N-dealkylation sites (N-methyl/N-ethyl adjacent to an activating group) is 1. The Balaban J connectivity index is 1.59. The van der Waals surface area contributed by atoms with Crippen LogP contribution >= 0.6 is 0 Å². The molecule has 1 aromatic rings. The third kappa shape index (κ3) is 3.94. The Bertz CT molecular complexity index is 542. The quantitative estimate of drug-likeness (QED) is 0.784. The van der Waals surface area contributed by atoms with Crippen molar-refractivity contribution in [3.8, 4) is 5.75 Å². The Morgan fingerprint density at radius 1 is 1.22 bits per heavy atom. The highest BCUT2D eigenvalue weighted by molar-refractivity contribution is 5.88. The van der Waals surface area contributed by atoms with Crippen molar-refractivity contribution >= 4 is 5.91 Å². The fraction of sp³-hybridized carbons (Fsp3) is 0.526. The highest BCUT2D eigenvalue weighted by atomic mass is 16.5. The van der Waals surface area contributed by atoms with E-state index >= 15 is 0 Å². The van der Waals surface area contributed by atoms with Crippen LogP contribution in [0.15, 0.2) is 42.5 Å². The number of hydrogen-bond acceptors (Lipinski definition) is 3. The molecule has 0 aromatic heterocycles. The van der Waals surface area contributed by atoms with Gasteiger partial charge in [0.25, 0.3) is 0 Å². The van der Waals surface area contributed by atoms with Gasteiger partial charge in [-0.25, -0.2) is 0 Å². The van der Waals surface area contributed by atoms with E-state index in [-0.39, 0.29) is 12.0 Å². The van der Waals surface area contributed by atoms with Gasteiger partial charge < -0.3 is 14.5 Å². The van der Waals surface area contributed by atoms with Crippen molar-refractivity contribution in [1.82, 2.24) is 9.80 Å². The Kier molecular flexibility index (Phi) is 5.01. The molecule has 4 heteroatoms. The number of carbonyl (C=O) groups excluding carboxylic acids is 1. The van der Waals surface area contributed by atoms with Gasteiger partial charge >= 0.3 is 0 Å². The summed E-state index contributed by atoms with van der Waals surface area (Å²) in [5.74, 6) is 1.10. The van der Waals surface area contributed by atoms with Crippen molar-refractivity contribution in [2.75, 3.05) is 20.6 Å². The molecular formula is C19H26N2O2. The predicted octanol–water partition coefficient (Wildman–Crippen LogP) is 2.71. The van der Waals surface area contributed by atoms with Crippen LogP contribution < -0.4 is 4.74 Å². The summed E-state index contributed by atoms with van der Waals surface area (Å²) in [5, 5.41) is 0. The number of benzene rings is 1. The van der Waals surface area contributed by atoms with Gasteiger partial charge in [0.15, 0.2) is 0 Å². The summed E-state index contributed by atoms with van der Waals surface area (Å²) in [6.07, 6.45) is 8.01. The first-order chi connectivity index (χ1) is 11.1. The van der Waals surface area contributed by atoms with Gasteiger partial charge in [0, 0.05) is 37.5 Å². The van der Waals surface area contributed by atoms with Crippen molar-refractivity contribution in [2.45, 2.75) is 43.9 Å². The van der Waals surface area contributed by atoms with Gasteiger partial charge in [0.05, 0.1) is 0 Å². The van der Waals surface area contributed by atoms with Crippen molar-refractivity contribution < 1.29 is 9.53 Å². The van der Waals surface area contributed by atoms with Gasteiger partial charge in [0.1, 0.15) is 11.9 Å². The maximum atomic E-state index is 12.5. The number of rotatable bonds is 5. The van der Waals surface area contributed by atoms with Crippen LogP contribution in [0.4, 0.5) is 0 Å². The SMILES string of the molecule is CN(C)C/C=C/C(=O)N1C2CCC1CC(Oc1ccccc1)C2. The van der Waals surface area contributed by atoms with E-state index in [2.05, 4.69) is 9.80 Å². The van der Waals surface area contributed by atoms with Crippen LogP contribution in [0.5, 0.6) is 5.75 Å². The van der Waals surface area contributed by atoms with Gasteiger partial charge in [-0.15, -0.1) is 0 Å². The Hall–Kier alpha value is -1.81. The molecule has 23 heavy (non-hydrogen) atoms. The fourth-order valence-electron chi connectivity index (χ4n) is 3.73. The van der Waals surface area contributed by atoms with Crippen LogP contribution in [0.25, 0.3) is 0 Å². The Labute approximate surface area is 138 Å². The van der Waals surface area contributed by atoms with E-state index in [0.717, 1.165) is 38.0 Å². The molecule has 2 fully saturated rings. The topological polar surface area (TPSA) is 32.8 Å². The molecule has 0 N–H and O–H groups in total. The highest BCUT2D eigenvalue weighted by Gasteiger charge is 2.43. The Morgan fingerprint density at radius 3 is 2.48 bits per heavy atom. The number of para-hydroxylation sites is 1. The van der Waals surface area contributed by atoms with Crippen molar-refractivity contribution in [2.24, 2.45) is 0 Å². The number of nitrogens with zero attached hydrogens (tertiary/aromatic N) is 2. The zero-order valence-electron chi connectivity index (χ0n) is 14.0. The number of piperidine rings is 1. The lowest BCUT2D eigenvalue weighted by atomic mass is 9.99. The molecule has 0 spiro atoms. The van der Waals surface area contributed by atoms with Gasteiger partial charge in [0.2, 0.25) is 5.91 Å². The van der Waals surface area contributed by atoms with Gasteiger partial charge in [-0.3, -0.25) is 4.79 Å². The summed E-state index contributed by atoms with van der Waals surface area (Å²) >= 11 is 0. The first-order valence-electron chi connectivity index (χ1n) is 8.49. The fourth-order valence-corrected chi connectivity index (χ4v) is 3.73. The molecule has 2 bridgehead atoms. The van der Waals surface area contributed by atoms with E-state index in [9.17, 15) is 4.79 Å². The molecule has 1 aromatic carbocycles. The van der Waals surface area contributed by atoms with E-state index in [1.54, 1.807) is 6.08 Å². The molecule has 2 saturated heterocycles. The smallest absolute Gasteiger partial charge is 0.246 e. The molecule has 0 aliphatic carbocycles. The molecule has 2 heterocycles. The summed E-state index contributed by atoms with van der Waals surface area (Å²) < 4.78 is 6.11. The molecule has 1 amide bonds. The third-order valence-electron chi connectivity index (χ3n) is 4.72. The minimum atomic E-state index is 0.164. The number of carbonyl (C=O) groups is 1. The summed E-state index contributed by atoms with van der Waals surface area (Å²) in [7, 11) is 4.01. The number of fused-ring (bicyclic) bond motifs is 2. The minimum absolute atomic E-state index is 0.164. The van der Waals surface area contributed by atoms with Crippen LogP contribution in [0.1, 0.15) is 25.7 Å². The molecule has 0 radical (unpaired) electrons. The van der Waals surface area contributed by atoms with E-state index in [4.69, 9.17) is 4.74 Å². The average molecular weight is 314 g/mol. The Morgan fingerprint density at radius 2 is 1.87 bits per heavy atom. The summed E-state index contributed by atoms with van der Waals surface area (Å²) in [5.41, 5.74) is 0.